The Hall–Kier alpha value is -1.58. The second-order valence-electron chi connectivity index (χ2n) is 7.60. The number of nitrogens with zero attached hydrogens (tertiary/aromatic N) is 3. The lowest BCUT2D eigenvalue weighted by Crippen LogP contribution is -2.22. The Morgan fingerprint density at radius 1 is 1.04 bits per heavy atom. The van der Waals surface area contributed by atoms with Gasteiger partial charge in [0, 0.05) is 60.8 Å². The van der Waals surface area contributed by atoms with Crippen LogP contribution in [-0.2, 0) is 11.5 Å². The van der Waals surface area contributed by atoms with E-state index in [1.807, 2.05) is 16.7 Å². The summed E-state index contributed by atoms with van der Waals surface area (Å²) in [5.74, 6) is -0.253. The smallest absolute Gasteiger partial charge is 0.174 e. The molecule has 0 spiro atoms. The summed E-state index contributed by atoms with van der Waals surface area (Å²) < 4.78 is 22.3. The van der Waals surface area contributed by atoms with Gasteiger partial charge in [-0.3, -0.25) is 9.55 Å². The highest BCUT2D eigenvalue weighted by Crippen LogP contribution is 2.33. The molecule has 0 amide bonds. The van der Waals surface area contributed by atoms with Crippen LogP contribution in [0.1, 0.15) is 0 Å². The van der Waals surface area contributed by atoms with E-state index in [1.54, 1.807) is 24.5 Å². The summed E-state index contributed by atoms with van der Waals surface area (Å²) in [6.07, 6.45) is 3.50. The number of imidazole rings is 1. The first-order valence-corrected chi connectivity index (χ1v) is 13.6. The third-order valence-corrected chi connectivity index (χ3v) is 6.74. The fourth-order valence-electron chi connectivity index (χ4n) is 2.69. The fraction of sp³-hybridized carbons (Fsp3) is 0.300. The topological polar surface area (TPSA) is 39.9 Å². The molecule has 0 saturated heterocycles. The molecular formula is C20H23FIN3OSi. The normalized spacial score (nSPS) is 11.7. The minimum Gasteiger partial charge on any atom is -0.361 e. The first kappa shape index (κ1) is 20.2. The lowest BCUT2D eigenvalue weighted by molar-refractivity contribution is 0.0865. The van der Waals surface area contributed by atoms with Gasteiger partial charge in [0.05, 0.1) is 11.4 Å². The number of ether oxygens (including phenoxy) is 1. The molecule has 142 valence electrons. The van der Waals surface area contributed by atoms with Crippen molar-refractivity contribution in [2.45, 2.75) is 32.4 Å². The zero-order valence-electron chi connectivity index (χ0n) is 15.7. The van der Waals surface area contributed by atoms with Crippen LogP contribution in [-0.4, -0.2) is 29.2 Å². The van der Waals surface area contributed by atoms with Gasteiger partial charge in [-0.1, -0.05) is 19.6 Å². The van der Waals surface area contributed by atoms with Crippen LogP contribution in [0, 0.1) is 9.65 Å². The summed E-state index contributed by atoms with van der Waals surface area (Å²) >= 11 is 2.23. The van der Waals surface area contributed by atoms with Gasteiger partial charge in [-0.25, -0.2) is 9.37 Å². The standard InChI is InChI=1S/C20H23FIN3OSi/c1-27(2,3)13-12-26-14-25-19(16-4-6-17(21)7-5-16)18(24-20(25)22)15-8-10-23-11-9-15/h4-11H,12-14H2,1-3H3. The largest absolute Gasteiger partial charge is 0.361 e. The molecule has 0 aliphatic carbocycles. The summed E-state index contributed by atoms with van der Waals surface area (Å²) in [5, 5.41) is 0. The number of halogens is 2. The summed E-state index contributed by atoms with van der Waals surface area (Å²) in [6, 6.07) is 11.5. The van der Waals surface area contributed by atoms with E-state index in [1.165, 1.54) is 12.1 Å². The Labute approximate surface area is 174 Å². The summed E-state index contributed by atoms with van der Waals surface area (Å²) in [4.78, 5) is 8.85. The van der Waals surface area contributed by atoms with Gasteiger partial charge in [0.15, 0.2) is 3.83 Å². The van der Waals surface area contributed by atoms with Gasteiger partial charge in [-0.15, -0.1) is 0 Å². The van der Waals surface area contributed by atoms with Crippen molar-refractivity contribution in [3.8, 4) is 22.5 Å². The minimum absolute atomic E-state index is 0.253. The minimum atomic E-state index is -1.14. The van der Waals surface area contributed by atoms with Crippen molar-refractivity contribution < 1.29 is 9.13 Å². The fourth-order valence-corrected chi connectivity index (χ4v) is 4.07. The van der Waals surface area contributed by atoms with E-state index in [-0.39, 0.29) is 5.82 Å². The van der Waals surface area contributed by atoms with Gasteiger partial charge in [0.1, 0.15) is 12.5 Å². The van der Waals surface area contributed by atoms with Gasteiger partial charge in [0.2, 0.25) is 0 Å². The number of aromatic nitrogens is 3. The number of pyridine rings is 1. The van der Waals surface area contributed by atoms with E-state index < -0.39 is 8.07 Å². The maximum absolute atomic E-state index is 13.4. The van der Waals surface area contributed by atoms with Crippen LogP contribution in [0.5, 0.6) is 0 Å². The van der Waals surface area contributed by atoms with Crippen LogP contribution in [0.2, 0.25) is 25.7 Å². The molecule has 0 unspecified atom stereocenters. The molecule has 4 nitrogen and oxygen atoms in total. The lowest BCUT2D eigenvalue weighted by Gasteiger charge is -2.17. The van der Waals surface area contributed by atoms with Crippen LogP contribution < -0.4 is 0 Å². The SMILES string of the molecule is C[Si](C)(C)CCOCn1c(I)nc(-c2ccncc2)c1-c1ccc(F)cc1. The molecule has 0 aliphatic heterocycles. The van der Waals surface area contributed by atoms with E-state index in [0.717, 1.165) is 39.0 Å². The zero-order valence-corrected chi connectivity index (χ0v) is 18.9. The van der Waals surface area contributed by atoms with Crippen LogP contribution in [0.3, 0.4) is 0 Å². The third-order valence-electron chi connectivity index (χ3n) is 4.21. The first-order valence-electron chi connectivity index (χ1n) is 8.85. The van der Waals surface area contributed by atoms with Crippen LogP contribution in [0.4, 0.5) is 4.39 Å². The van der Waals surface area contributed by atoms with Crippen molar-refractivity contribution in [2.24, 2.45) is 0 Å². The average Bonchev–Trinajstić information content (AvgIpc) is 2.96. The van der Waals surface area contributed by atoms with Gasteiger partial charge in [-0.05, 0) is 42.4 Å². The predicted molar refractivity (Wildman–Crippen MR) is 118 cm³/mol. The second kappa shape index (κ2) is 8.62. The number of hydrogen-bond acceptors (Lipinski definition) is 3. The Morgan fingerprint density at radius 3 is 2.33 bits per heavy atom. The number of hydrogen-bond donors (Lipinski definition) is 0. The molecule has 0 fully saturated rings. The van der Waals surface area contributed by atoms with Crippen molar-refractivity contribution in [3.63, 3.8) is 0 Å². The lowest BCUT2D eigenvalue weighted by atomic mass is 10.1. The van der Waals surface area contributed by atoms with Crippen molar-refractivity contribution in [1.29, 1.82) is 0 Å². The number of benzene rings is 1. The highest BCUT2D eigenvalue weighted by molar-refractivity contribution is 14.1. The molecule has 0 saturated carbocycles. The Morgan fingerprint density at radius 2 is 1.70 bits per heavy atom. The van der Waals surface area contributed by atoms with E-state index >= 15 is 0 Å². The molecule has 0 N–H and O–H groups in total. The van der Waals surface area contributed by atoms with Gasteiger partial charge >= 0.3 is 0 Å². The Kier molecular flexibility index (Phi) is 6.43. The van der Waals surface area contributed by atoms with Crippen molar-refractivity contribution in [3.05, 3.63) is 58.4 Å². The quantitative estimate of drug-likeness (QED) is 0.241. The Bertz CT molecular complexity index is 892. The maximum Gasteiger partial charge on any atom is 0.174 e. The molecular weight excluding hydrogens is 472 g/mol. The van der Waals surface area contributed by atoms with Crippen LogP contribution >= 0.6 is 22.6 Å². The monoisotopic (exact) mass is 495 g/mol. The van der Waals surface area contributed by atoms with Gasteiger partial charge < -0.3 is 4.74 Å². The van der Waals surface area contributed by atoms with Crippen molar-refractivity contribution >= 4 is 30.7 Å². The number of rotatable bonds is 7. The van der Waals surface area contributed by atoms with Crippen LogP contribution in [0.25, 0.3) is 22.5 Å². The van der Waals surface area contributed by atoms with Gasteiger partial charge in [0.25, 0.3) is 0 Å². The molecule has 27 heavy (non-hydrogen) atoms. The molecule has 0 aliphatic rings. The van der Waals surface area contributed by atoms with Crippen molar-refractivity contribution in [2.75, 3.05) is 6.61 Å². The molecule has 2 aromatic heterocycles. The van der Waals surface area contributed by atoms with Crippen molar-refractivity contribution in [1.82, 2.24) is 14.5 Å². The van der Waals surface area contributed by atoms with Gasteiger partial charge in [-0.2, -0.15) is 0 Å². The van der Waals surface area contributed by atoms with Crippen LogP contribution in [0.15, 0.2) is 48.8 Å². The highest BCUT2D eigenvalue weighted by atomic mass is 127. The molecule has 0 radical (unpaired) electrons. The zero-order chi connectivity index (χ0) is 19.4. The van der Waals surface area contributed by atoms with E-state index in [0.29, 0.717) is 6.73 Å². The first-order chi connectivity index (χ1) is 12.8. The highest BCUT2D eigenvalue weighted by Gasteiger charge is 2.19. The summed E-state index contributed by atoms with van der Waals surface area (Å²) in [5.41, 5.74) is 3.66. The molecule has 0 bridgehead atoms. The van der Waals surface area contributed by atoms with E-state index in [4.69, 9.17) is 9.72 Å². The molecule has 0 atom stereocenters. The molecule has 3 rings (SSSR count). The Balaban J connectivity index is 1.97. The van der Waals surface area contributed by atoms with E-state index in [9.17, 15) is 4.39 Å². The van der Waals surface area contributed by atoms with E-state index in [2.05, 4.69) is 47.2 Å². The molecule has 2 heterocycles. The maximum atomic E-state index is 13.4. The second-order valence-corrected chi connectivity index (χ2v) is 14.2. The third kappa shape index (κ3) is 5.23. The summed E-state index contributed by atoms with van der Waals surface area (Å²) in [7, 11) is -1.14. The summed E-state index contributed by atoms with van der Waals surface area (Å²) in [6.45, 7) is 8.17. The predicted octanol–water partition coefficient (Wildman–Crippen LogP) is 5.67. The molecule has 7 heteroatoms. The average molecular weight is 495 g/mol. The molecule has 1 aromatic carbocycles. The molecule has 3 aromatic rings.